The van der Waals surface area contributed by atoms with Crippen LogP contribution in [0.5, 0.6) is 0 Å². The minimum absolute atomic E-state index is 0.0141. The van der Waals surface area contributed by atoms with Gasteiger partial charge in [0.15, 0.2) is 5.84 Å². The van der Waals surface area contributed by atoms with Gasteiger partial charge in [0.05, 0.1) is 12.4 Å². The summed E-state index contributed by atoms with van der Waals surface area (Å²) in [5.41, 5.74) is 5.88. The number of hydrogen-bond acceptors (Lipinski definition) is 5. The van der Waals surface area contributed by atoms with Crippen LogP contribution in [-0.2, 0) is 0 Å². The monoisotopic (exact) mass is 277 g/mol. The van der Waals surface area contributed by atoms with Crippen molar-refractivity contribution in [3.05, 3.63) is 18.1 Å². The second kappa shape index (κ2) is 6.54. The van der Waals surface area contributed by atoms with E-state index in [9.17, 15) is 0 Å². The van der Waals surface area contributed by atoms with Crippen LogP contribution in [0.2, 0.25) is 0 Å². The molecule has 1 aliphatic heterocycles. The summed E-state index contributed by atoms with van der Waals surface area (Å²) in [6.07, 6.45) is 6.91. The average molecular weight is 277 g/mol. The van der Waals surface area contributed by atoms with Crippen LogP contribution in [-0.4, -0.2) is 34.1 Å². The van der Waals surface area contributed by atoms with Gasteiger partial charge in [0.1, 0.15) is 11.5 Å². The Hall–Kier alpha value is -1.85. The van der Waals surface area contributed by atoms with Crippen LogP contribution in [0, 0.1) is 11.8 Å². The van der Waals surface area contributed by atoms with Crippen molar-refractivity contribution >= 4 is 11.7 Å². The van der Waals surface area contributed by atoms with Crippen molar-refractivity contribution < 1.29 is 5.21 Å². The summed E-state index contributed by atoms with van der Waals surface area (Å²) < 4.78 is 0. The van der Waals surface area contributed by atoms with Gasteiger partial charge < -0.3 is 15.8 Å². The van der Waals surface area contributed by atoms with E-state index < -0.39 is 0 Å². The predicted molar refractivity (Wildman–Crippen MR) is 78.9 cm³/mol. The Morgan fingerprint density at radius 3 is 2.75 bits per heavy atom. The lowest BCUT2D eigenvalue weighted by molar-refractivity contribution is 0.318. The molecule has 1 atom stereocenters. The van der Waals surface area contributed by atoms with Gasteiger partial charge in [-0.2, -0.15) is 0 Å². The van der Waals surface area contributed by atoms with Gasteiger partial charge in [-0.15, -0.1) is 0 Å². The van der Waals surface area contributed by atoms with Crippen molar-refractivity contribution in [2.75, 3.05) is 18.0 Å². The fourth-order valence-electron chi connectivity index (χ4n) is 2.69. The lowest BCUT2D eigenvalue weighted by Crippen LogP contribution is -2.26. The first-order valence-electron chi connectivity index (χ1n) is 7.16. The van der Waals surface area contributed by atoms with Gasteiger partial charge in [-0.1, -0.05) is 19.0 Å². The van der Waals surface area contributed by atoms with Gasteiger partial charge in [-0.25, -0.2) is 9.97 Å². The molecule has 1 unspecified atom stereocenters. The molecule has 1 aliphatic rings. The minimum atomic E-state index is -0.0141. The number of anilines is 1. The maximum atomic E-state index is 8.61. The molecular weight excluding hydrogens is 254 g/mol. The SMILES string of the molecule is CC(C)C1CCCN(c2cnc(C(N)=NO)cn2)CC1. The minimum Gasteiger partial charge on any atom is -0.409 e. The van der Waals surface area contributed by atoms with Crippen LogP contribution in [0.1, 0.15) is 38.8 Å². The molecule has 1 saturated heterocycles. The Bertz CT molecular complexity index is 457. The number of aromatic nitrogens is 2. The maximum absolute atomic E-state index is 8.61. The quantitative estimate of drug-likeness (QED) is 0.381. The number of nitrogens with zero attached hydrogens (tertiary/aromatic N) is 4. The number of oxime groups is 1. The topological polar surface area (TPSA) is 87.6 Å². The third-order valence-corrected chi connectivity index (χ3v) is 4.05. The molecule has 20 heavy (non-hydrogen) atoms. The second-order valence-electron chi connectivity index (χ2n) is 5.67. The lowest BCUT2D eigenvalue weighted by Gasteiger charge is -2.22. The first-order valence-corrected chi connectivity index (χ1v) is 7.16. The highest BCUT2D eigenvalue weighted by Gasteiger charge is 2.20. The van der Waals surface area contributed by atoms with Gasteiger partial charge in [0.25, 0.3) is 0 Å². The first-order chi connectivity index (χ1) is 9.61. The number of amidine groups is 1. The Morgan fingerprint density at radius 1 is 1.35 bits per heavy atom. The summed E-state index contributed by atoms with van der Waals surface area (Å²) in [5, 5.41) is 11.5. The normalized spacial score (nSPS) is 21.1. The van der Waals surface area contributed by atoms with Crippen molar-refractivity contribution in [2.24, 2.45) is 22.7 Å². The van der Waals surface area contributed by atoms with Crippen LogP contribution < -0.4 is 10.6 Å². The summed E-state index contributed by atoms with van der Waals surface area (Å²) in [4.78, 5) is 10.8. The number of nitrogens with two attached hydrogens (primary N) is 1. The average Bonchev–Trinajstić information content (AvgIpc) is 2.72. The first kappa shape index (κ1) is 14.6. The summed E-state index contributed by atoms with van der Waals surface area (Å²) >= 11 is 0. The molecular formula is C14H23N5O. The van der Waals surface area contributed by atoms with E-state index in [1.807, 2.05) is 0 Å². The van der Waals surface area contributed by atoms with E-state index in [0.717, 1.165) is 30.7 Å². The molecule has 1 fully saturated rings. The predicted octanol–water partition coefficient (Wildman–Crippen LogP) is 1.83. The lowest BCUT2D eigenvalue weighted by atomic mass is 9.89. The van der Waals surface area contributed by atoms with Crippen molar-refractivity contribution in [2.45, 2.75) is 33.1 Å². The highest BCUT2D eigenvalue weighted by atomic mass is 16.4. The molecule has 6 nitrogen and oxygen atoms in total. The Morgan fingerprint density at radius 2 is 2.15 bits per heavy atom. The van der Waals surface area contributed by atoms with Crippen LogP contribution in [0.4, 0.5) is 5.82 Å². The molecule has 6 heteroatoms. The standard InChI is InChI=1S/C14H23N5O/c1-10(2)11-4-3-6-19(7-5-11)13-9-16-12(8-17-13)14(15)18-20/h8-11,20H,3-7H2,1-2H3,(H2,15,18). The highest BCUT2D eigenvalue weighted by molar-refractivity contribution is 5.94. The van der Waals surface area contributed by atoms with E-state index in [0.29, 0.717) is 5.69 Å². The fourth-order valence-corrected chi connectivity index (χ4v) is 2.69. The van der Waals surface area contributed by atoms with Crippen molar-refractivity contribution in [1.82, 2.24) is 9.97 Å². The molecule has 110 valence electrons. The van der Waals surface area contributed by atoms with Gasteiger partial charge in [0.2, 0.25) is 0 Å². The molecule has 1 aromatic rings. The zero-order valence-electron chi connectivity index (χ0n) is 12.2. The van der Waals surface area contributed by atoms with Crippen molar-refractivity contribution in [1.29, 1.82) is 0 Å². The molecule has 0 aliphatic carbocycles. The van der Waals surface area contributed by atoms with Gasteiger partial charge in [0, 0.05) is 13.1 Å². The van der Waals surface area contributed by atoms with Crippen LogP contribution in [0.3, 0.4) is 0 Å². The highest BCUT2D eigenvalue weighted by Crippen LogP contribution is 2.26. The molecule has 3 N–H and O–H groups in total. The van der Waals surface area contributed by atoms with E-state index in [4.69, 9.17) is 10.9 Å². The Labute approximate surface area is 119 Å². The third kappa shape index (κ3) is 3.37. The molecule has 1 aromatic heterocycles. The largest absolute Gasteiger partial charge is 0.409 e. The Kier molecular flexibility index (Phi) is 4.76. The summed E-state index contributed by atoms with van der Waals surface area (Å²) in [6.45, 7) is 6.62. The molecule has 0 amide bonds. The molecule has 0 radical (unpaired) electrons. The second-order valence-corrected chi connectivity index (χ2v) is 5.67. The van der Waals surface area contributed by atoms with Crippen molar-refractivity contribution in [3.63, 3.8) is 0 Å². The van der Waals surface area contributed by atoms with Crippen LogP contribution >= 0.6 is 0 Å². The summed E-state index contributed by atoms with van der Waals surface area (Å²) in [7, 11) is 0. The van der Waals surface area contributed by atoms with E-state index in [-0.39, 0.29) is 5.84 Å². The third-order valence-electron chi connectivity index (χ3n) is 4.05. The van der Waals surface area contributed by atoms with Crippen molar-refractivity contribution in [3.8, 4) is 0 Å². The molecule has 0 saturated carbocycles. The summed E-state index contributed by atoms with van der Waals surface area (Å²) in [6, 6.07) is 0. The Balaban J connectivity index is 2.04. The fraction of sp³-hybridized carbons (Fsp3) is 0.643. The zero-order valence-corrected chi connectivity index (χ0v) is 12.2. The van der Waals surface area contributed by atoms with Crippen LogP contribution in [0.15, 0.2) is 17.5 Å². The van der Waals surface area contributed by atoms with Gasteiger partial charge >= 0.3 is 0 Å². The molecule has 0 spiro atoms. The smallest absolute Gasteiger partial charge is 0.190 e. The van der Waals surface area contributed by atoms with Crippen LogP contribution in [0.25, 0.3) is 0 Å². The molecule has 2 rings (SSSR count). The maximum Gasteiger partial charge on any atom is 0.190 e. The summed E-state index contributed by atoms with van der Waals surface area (Å²) in [5.74, 6) is 2.39. The molecule has 2 heterocycles. The van der Waals surface area contributed by atoms with E-state index in [1.54, 1.807) is 12.4 Å². The van der Waals surface area contributed by atoms with Gasteiger partial charge in [-0.05, 0) is 31.1 Å². The number of hydrogen-bond donors (Lipinski definition) is 2. The zero-order chi connectivity index (χ0) is 14.5. The van der Waals surface area contributed by atoms with E-state index in [2.05, 4.69) is 33.9 Å². The van der Waals surface area contributed by atoms with E-state index in [1.165, 1.54) is 19.3 Å². The van der Waals surface area contributed by atoms with E-state index >= 15 is 0 Å². The van der Waals surface area contributed by atoms with Gasteiger partial charge in [-0.3, -0.25) is 0 Å². The number of rotatable bonds is 3. The molecule has 0 aromatic carbocycles. The molecule has 0 bridgehead atoms.